The summed E-state index contributed by atoms with van der Waals surface area (Å²) < 4.78 is 5.28. The van der Waals surface area contributed by atoms with Crippen LogP contribution in [0.15, 0.2) is 0 Å². The fourth-order valence-corrected chi connectivity index (χ4v) is 2.59. The third kappa shape index (κ3) is 1.00. The van der Waals surface area contributed by atoms with Crippen molar-refractivity contribution in [3.8, 4) is 0 Å². The maximum Gasteiger partial charge on any atom is 0.123 e. The van der Waals surface area contributed by atoms with Crippen molar-refractivity contribution in [3.63, 3.8) is 0 Å². The van der Waals surface area contributed by atoms with Crippen molar-refractivity contribution < 1.29 is 9.53 Å². The van der Waals surface area contributed by atoms with Gasteiger partial charge in [0.1, 0.15) is 6.29 Å². The van der Waals surface area contributed by atoms with Crippen molar-refractivity contribution in [2.45, 2.75) is 25.4 Å². The maximum atomic E-state index is 10.5. The Labute approximate surface area is 66.9 Å². The van der Waals surface area contributed by atoms with E-state index in [2.05, 4.69) is 0 Å². The first kappa shape index (κ1) is 7.29. The number of hydrogen-bond acceptors (Lipinski definition) is 2. The molecule has 0 aromatic carbocycles. The number of carbonyl (C=O) groups excluding carboxylic acids is 1. The predicted octanol–water partition coefficient (Wildman–Crippen LogP) is 1.25. The van der Waals surface area contributed by atoms with Crippen LogP contribution in [0.2, 0.25) is 0 Å². The number of methoxy groups -OCH3 is 1. The molecule has 2 nitrogen and oxygen atoms in total. The van der Waals surface area contributed by atoms with Gasteiger partial charge >= 0.3 is 0 Å². The van der Waals surface area contributed by atoms with Crippen LogP contribution in [0.1, 0.15) is 19.3 Å². The molecular formula is C9H14O2. The van der Waals surface area contributed by atoms with Gasteiger partial charge in [0.15, 0.2) is 0 Å². The van der Waals surface area contributed by atoms with E-state index < -0.39 is 0 Å². The standard InChI is InChI=1S/C9H14O2/c1-11-9-4-7-2-6(5-10)3-8(7)9/h5-9H,2-4H2,1H3/t6?,7-,8-,9?/m0/s1. The smallest absolute Gasteiger partial charge is 0.123 e. The zero-order valence-electron chi connectivity index (χ0n) is 6.82. The summed E-state index contributed by atoms with van der Waals surface area (Å²) >= 11 is 0. The molecule has 0 heterocycles. The van der Waals surface area contributed by atoms with Crippen LogP contribution >= 0.6 is 0 Å². The molecular weight excluding hydrogens is 140 g/mol. The van der Waals surface area contributed by atoms with Crippen LogP contribution in [0, 0.1) is 17.8 Å². The van der Waals surface area contributed by atoms with Crippen LogP contribution in [0.5, 0.6) is 0 Å². The molecule has 62 valence electrons. The minimum Gasteiger partial charge on any atom is -0.381 e. The van der Waals surface area contributed by atoms with Gasteiger partial charge in [-0.25, -0.2) is 0 Å². The summed E-state index contributed by atoms with van der Waals surface area (Å²) in [7, 11) is 1.77. The molecule has 0 radical (unpaired) electrons. The molecule has 0 aromatic rings. The third-order valence-corrected chi connectivity index (χ3v) is 3.29. The van der Waals surface area contributed by atoms with E-state index in [1.807, 2.05) is 0 Å². The van der Waals surface area contributed by atoms with Crippen LogP contribution in [0.3, 0.4) is 0 Å². The average molecular weight is 154 g/mol. The number of rotatable bonds is 2. The quantitative estimate of drug-likeness (QED) is 0.559. The Morgan fingerprint density at radius 2 is 2.18 bits per heavy atom. The molecule has 2 aliphatic carbocycles. The van der Waals surface area contributed by atoms with E-state index >= 15 is 0 Å². The Balaban J connectivity index is 1.93. The Morgan fingerprint density at radius 1 is 1.36 bits per heavy atom. The third-order valence-electron chi connectivity index (χ3n) is 3.29. The Bertz CT molecular complexity index is 167. The molecule has 2 aliphatic rings. The van der Waals surface area contributed by atoms with Crippen LogP contribution < -0.4 is 0 Å². The van der Waals surface area contributed by atoms with Gasteiger partial charge in [-0.2, -0.15) is 0 Å². The van der Waals surface area contributed by atoms with E-state index in [1.54, 1.807) is 7.11 Å². The summed E-state index contributed by atoms with van der Waals surface area (Å²) in [5.74, 6) is 1.84. The molecule has 0 bridgehead atoms. The van der Waals surface area contributed by atoms with Gasteiger partial charge in [-0.1, -0.05) is 0 Å². The summed E-state index contributed by atoms with van der Waals surface area (Å²) in [4.78, 5) is 10.5. The van der Waals surface area contributed by atoms with Gasteiger partial charge in [-0.05, 0) is 31.1 Å². The number of carbonyl (C=O) groups is 1. The second-order valence-corrected chi connectivity index (χ2v) is 3.80. The zero-order chi connectivity index (χ0) is 7.84. The van der Waals surface area contributed by atoms with Gasteiger partial charge in [-0.15, -0.1) is 0 Å². The first-order chi connectivity index (χ1) is 5.35. The normalized spacial score (nSPS) is 48.1. The molecule has 2 heteroatoms. The van der Waals surface area contributed by atoms with Gasteiger partial charge in [0, 0.05) is 13.0 Å². The highest BCUT2D eigenvalue weighted by Crippen LogP contribution is 2.50. The fourth-order valence-electron chi connectivity index (χ4n) is 2.59. The van der Waals surface area contributed by atoms with E-state index in [0.717, 1.165) is 25.0 Å². The summed E-state index contributed by atoms with van der Waals surface area (Å²) in [5, 5.41) is 0. The lowest BCUT2D eigenvalue weighted by Crippen LogP contribution is -2.38. The Hall–Kier alpha value is -0.370. The zero-order valence-corrected chi connectivity index (χ0v) is 6.82. The van der Waals surface area contributed by atoms with Gasteiger partial charge in [0.2, 0.25) is 0 Å². The molecule has 2 rings (SSSR count). The first-order valence-corrected chi connectivity index (χ1v) is 4.33. The molecule has 0 aliphatic heterocycles. The fraction of sp³-hybridized carbons (Fsp3) is 0.889. The molecule has 0 spiro atoms. The van der Waals surface area contributed by atoms with Crippen LogP contribution in [-0.2, 0) is 9.53 Å². The first-order valence-electron chi connectivity index (χ1n) is 4.33. The van der Waals surface area contributed by atoms with E-state index in [4.69, 9.17) is 4.74 Å². The molecule has 0 amide bonds. The van der Waals surface area contributed by atoms with E-state index in [9.17, 15) is 4.79 Å². The summed E-state index contributed by atoms with van der Waals surface area (Å²) in [6, 6.07) is 0. The second kappa shape index (κ2) is 2.59. The molecule has 11 heavy (non-hydrogen) atoms. The lowest BCUT2D eigenvalue weighted by atomic mass is 9.73. The van der Waals surface area contributed by atoms with Crippen LogP contribution in [0.4, 0.5) is 0 Å². The van der Waals surface area contributed by atoms with Gasteiger partial charge in [0.25, 0.3) is 0 Å². The van der Waals surface area contributed by atoms with E-state index in [0.29, 0.717) is 17.9 Å². The van der Waals surface area contributed by atoms with Crippen LogP contribution in [-0.4, -0.2) is 19.5 Å². The monoisotopic (exact) mass is 154 g/mol. The summed E-state index contributed by atoms with van der Waals surface area (Å²) in [5.41, 5.74) is 0. The molecule has 2 saturated carbocycles. The van der Waals surface area contributed by atoms with Crippen molar-refractivity contribution in [1.82, 2.24) is 0 Å². The minimum absolute atomic E-state index is 0.338. The van der Waals surface area contributed by atoms with Gasteiger partial charge in [0.05, 0.1) is 6.10 Å². The second-order valence-electron chi connectivity index (χ2n) is 3.80. The number of ether oxygens (including phenoxy) is 1. The molecule has 2 unspecified atom stereocenters. The lowest BCUT2D eigenvalue weighted by molar-refractivity contribution is -0.111. The van der Waals surface area contributed by atoms with Crippen molar-refractivity contribution in [1.29, 1.82) is 0 Å². The number of hydrogen-bond donors (Lipinski definition) is 0. The minimum atomic E-state index is 0.338. The summed E-state index contributed by atoms with van der Waals surface area (Å²) in [6.07, 6.45) is 4.96. The van der Waals surface area contributed by atoms with Gasteiger partial charge < -0.3 is 9.53 Å². The number of aldehydes is 1. The highest BCUT2D eigenvalue weighted by atomic mass is 16.5. The SMILES string of the molecule is COC1C[C@@H]2CC(C=O)C[C@H]12. The van der Waals surface area contributed by atoms with Crippen LogP contribution in [0.25, 0.3) is 0 Å². The Morgan fingerprint density at radius 3 is 2.82 bits per heavy atom. The molecule has 0 aromatic heterocycles. The van der Waals surface area contributed by atoms with Crippen molar-refractivity contribution in [2.24, 2.45) is 17.8 Å². The van der Waals surface area contributed by atoms with Crippen molar-refractivity contribution in [2.75, 3.05) is 7.11 Å². The lowest BCUT2D eigenvalue weighted by Gasteiger charge is -2.39. The molecule has 0 N–H and O–H groups in total. The molecule has 0 saturated heterocycles. The van der Waals surface area contributed by atoms with E-state index in [-0.39, 0.29) is 0 Å². The maximum absolute atomic E-state index is 10.5. The van der Waals surface area contributed by atoms with E-state index in [1.165, 1.54) is 6.42 Å². The predicted molar refractivity (Wildman–Crippen MR) is 41.2 cm³/mol. The topological polar surface area (TPSA) is 26.3 Å². The molecule has 4 atom stereocenters. The van der Waals surface area contributed by atoms with Crippen molar-refractivity contribution in [3.05, 3.63) is 0 Å². The highest BCUT2D eigenvalue weighted by Gasteiger charge is 2.47. The average Bonchev–Trinajstić information content (AvgIpc) is 2.31. The molecule has 2 fully saturated rings. The van der Waals surface area contributed by atoms with Gasteiger partial charge in [-0.3, -0.25) is 0 Å². The summed E-state index contributed by atoms with van der Waals surface area (Å²) in [6.45, 7) is 0. The van der Waals surface area contributed by atoms with Crippen molar-refractivity contribution >= 4 is 6.29 Å². The highest BCUT2D eigenvalue weighted by molar-refractivity contribution is 5.54. The largest absolute Gasteiger partial charge is 0.381 e. The Kier molecular flexibility index (Phi) is 1.72. The number of fused-ring (bicyclic) bond motifs is 1.